The van der Waals surface area contributed by atoms with Gasteiger partial charge < -0.3 is 4.74 Å². The van der Waals surface area contributed by atoms with Gasteiger partial charge in [-0.15, -0.1) is 4.36 Å². The molecule has 4 rings (SSSR count). The van der Waals surface area contributed by atoms with E-state index in [0.717, 1.165) is 6.07 Å². The zero-order chi connectivity index (χ0) is 25.6. The molecule has 0 aliphatic carbocycles. The molecule has 0 spiro atoms. The lowest BCUT2D eigenvalue weighted by Gasteiger charge is -2.30. The van der Waals surface area contributed by atoms with Crippen LogP contribution in [-0.4, -0.2) is 36.6 Å². The molecule has 0 saturated carbocycles. The first-order valence-corrected chi connectivity index (χ1v) is 11.9. The van der Waals surface area contributed by atoms with Crippen LogP contribution in [0.2, 0.25) is 0 Å². The summed E-state index contributed by atoms with van der Waals surface area (Å²) >= 11 is 0. The van der Waals surface area contributed by atoms with E-state index in [0.29, 0.717) is 24.4 Å². The zero-order valence-electron chi connectivity index (χ0n) is 19.0. The number of pyridine rings is 2. The zero-order valence-corrected chi connectivity index (χ0v) is 19.8. The van der Waals surface area contributed by atoms with Gasteiger partial charge in [-0.25, -0.2) is 23.8 Å². The van der Waals surface area contributed by atoms with E-state index in [1.54, 1.807) is 19.1 Å². The Kier molecular flexibility index (Phi) is 6.05. The Morgan fingerprint density at radius 3 is 2.74 bits per heavy atom. The monoisotopic (exact) mass is 509 g/mol. The molecule has 4 heterocycles. The van der Waals surface area contributed by atoms with Gasteiger partial charge in [0.1, 0.15) is 16.4 Å². The molecule has 0 bridgehead atoms. The van der Waals surface area contributed by atoms with Gasteiger partial charge in [0.25, 0.3) is 0 Å². The Hall–Kier alpha value is -3.52. The van der Waals surface area contributed by atoms with Gasteiger partial charge in [0.05, 0.1) is 19.3 Å². The third-order valence-corrected chi connectivity index (χ3v) is 6.44. The first-order valence-electron chi connectivity index (χ1n) is 10.3. The highest BCUT2D eigenvalue weighted by Crippen LogP contribution is 2.35. The lowest BCUT2D eigenvalue weighted by atomic mass is 9.94. The standard InChI is InChI=1S/C21H22F3N7O3S/c1-12-8-13(6-7-26-12)14-4-5-16(21(22,23)24)28-17(14)29-19(32)30-35(25,33)15-9-27-31-10-20(2,3)11-34-18(15)31/h4-9H,10-11H2,1-3H3,(H3,25,28,29,30,32,33)/t35-/m1/s1. The van der Waals surface area contributed by atoms with E-state index in [1.165, 1.54) is 23.1 Å². The number of carbonyl (C=O) groups excluding carboxylic acids is 1. The summed E-state index contributed by atoms with van der Waals surface area (Å²) in [6, 6.07) is 3.88. The summed E-state index contributed by atoms with van der Waals surface area (Å²) in [5.41, 5.74) is -0.203. The van der Waals surface area contributed by atoms with Crippen LogP contribution in [0.5, 0.6) is 5.88 Å². The van der Waals surface area contributed by atoms with Gasteiger partial charge in [0, 0.05) is 22.9 Å². The topological polar surface area (TPSA) is 137 Å². The molecule has 14 heteroatoms. The fourth-order valence-corrected chi connectivity index (χ4v) is 4.49. The van der Waals surface area contributed by atoms with Gasteiger partial charge in [0.15, 0.2) is 9.92 Å². The van der Waals surface area contributed by atoms with Crippen molar-refractivity contribution in [2.24, 2.45) is 14.9 Å². The number of urea groups is 1. The van der Waals surface area contributed by atoms with Crippen LogP contribution in [-0.2, 0) is 22.6 Å². The van der Waals surface area contributed by atoms with Gasteiger partial charge in [-0.2, -0.15) is 18.3 Å². The number of hydrogen-bond acceptors (Lipinski definition) is 6. The van der Waals surface area contributed by atoms with Crippen LogP contribution in [0.15, 0.2) is 45.9 Å². The number of alkyl halides is 3. The number of nitrogens with two attached hydrogens (primary N) is 1. The second-order valence-electron chi connectivity index (χ2n) is 8.79. The van der Waals surface area contributed by atoms with E-state index in [1.807, 2.05) is 13.8 Å². The molecule has 3 aromatic rings. The summed E-state index contributed by atoms with van der Waals surface area (Å²) < 4.78 is 63.6. The molecule has 0 radical (unpaired) electrons. The maximum Gasteiger partial charge on any atom is 0.433 e. The minimum absolute atomic E-state index is 0.0925. The highest BCUT2D eigenvalue weighted by atomic mass is 32.2. The van der Waals surface area contributed by atoms with Gasteiger partial charge >= 0.3 is 12.2 Å². The van der Waals surface area contributed by atoms with Crippen LogP contribution in [0, 0.1) is 12.3 Å². The van der Waals surface area contributed by atoms with Crippen molar-refractivity contribution in [3.05, 3.63) is 48.0 Å². The highest BCUT2D eigenvalue weighted by molar-refractivity contribution is 7.91. The quantitative estimate of drug-likeness (QED) is 0.547. The van der Waals surface area contributed by atoms with Crippen molar-refractivity contribution >= 4 is 21.8 Å². The normalized spacial score (nSPS) is 16.5. The van der Waals surface area contributed by atoms with Crippen LogP contribution in [0.1, 0.15) is 25.2 Å². The summed E-state index contributed by atoms with van der Waals surface area (Å²) in [5.74, 6) is -0.303. The van der Waals surface area contributed by atoms with Crippen LogP contribution in [0.4, 0.5) is 23.8 Å². The maximum atomic E-state index is 13.3. The van der Waals surface area contributed by atoms with Crippen molar-refractivity contribution in [3.8, 4) is 17.0 Å². The summed E-state index contributed by atoms with van der Waals surface area (Å²) in [7, 11) is -3.84. The predicted octanol–water partition coefficient (Wildman–Crippen LogP) is 4.02. The average Bonchev–Trinajstić information content (AvgIpc) is 3.15. The molecule has 1 aliphatic heterocycles. The number of aryl methyl sites for hydroxylation is 1. The van der Waals surface area contributed by atoms with Crippen molar-refractivity contribution in [2.45, 2.75) is 38.4 Å². The van der Waals surface area contributed by atoms with E-state index in [9.17, 15) is 22.2 Å². The van der Waals surface area contributed by atoms with Crippen LogP contribution < -0.4 is 15.2 Å². The van der Waals surface area contributed by atoms with Gasteiger partial charge in [-0.3, -0.25) is 10.3 Å². The van der Waals surface area contributed by atoms with Crippen LogP contribution in [0.3, 0.4) is 0 Å². The Bertz CT molecular complexity index is 1430. The molecule has 0 unspecified atom stereocenters. The first-order chi connectivity index (χ1) is 16.2. The summed E-state index contributed by atoms with van der Waals surface area (Å²) in [5, 5.41) is 12.2. The molecule has 0 saturated heterocycles. The van der Waals surface area contributed by atoms with Crippen molar-refractivity contribution < 1.29 is 26.9 Å². The van der Waals surface area contributed by atoms with Crippen molar-refractivity contribution in [3.63, 3.8) is 0 Å². The summed E-state index contributed by atoms with van der Waals surface area (Å²) in [6.45, 7) is 6.38. The minimum atomic E-state index is -4.76. The number of amides is 2. The van der Waals surface area contributed by atoms with Crippen molar-refractivity contribution in [1.29, 1.82) is 0 Å². The fraction of sp³-hybridized carbons (Fsp3) is 0.333. The number of anilines is 1. The van der Waals surface area contributed by atoms with E-state index >= 15 is 0 Å². The number of aromatic nitrogens is 4. The lowest BCUT2D eigenvalue weighted by molar-refractivity contribution is -0.141. The number of rotatable bonds is 3. The first kappa shape index (κ1) is 24.6. The molecular weight excluding hydrogens is 487 g/mol. The molecule has 2 amide bonds. The highest BCUT2D eigenvalue weighted by Gasteiger charge is 2.34. The molecular formula is C21H22F3N7O3S. The average molecular weight is 510 g/mol. The summed E-state index contributed by atoms with van der Waals surface area (Å²) in [4.78, 5) is 20.2. The van der Waals surface area contributed by atoms with E-state index < -0.39 is 33.6 Å². The van der Waals surface area contributed by atoms with Gasteiger partial charge in [0.2, 0.25) is 5.88 Å². The van der Waals surface area contributed by atoms with Gasteiger partial charge in [-0.05, 0) is 36.8 Å². The molecule has 1 atom stereocenters. The summed E-state index contributed by atoms with van der Waals surface area (Å²) in [6.07, 6.45) is -2.09. The number of ether oxygens (including phenoxy) is 1. The largest absolute Gasteiger partial charge is 0.476 e. The van der Waals surface area contributed by atoms with E-state index in [2.05, 4.69) is 24.7 Å². The van der Waals surface area contributed by atoms with Crippen molar-refractivity contribution in [2.75, 3.05) is 11.9 Å². The van der Waals surface area contributed by atoms with E-state index in [4.69, 9.17) is 9.88 Å². The number of nitrogens with zero attached hydrogens (tertiary/aromatic N) is 5. The molecule has 10 nitrogen and oxygen atoms in total. The molecule has 186 valence electrons. The number of hydrogen-bond donors (Lipinski definition) is 2. The van der Waals surface area contributed by atoms with Crippen LogP contribution in [0.25, 0.3) is 11.1 Å². The smallest absolute Gasteiger partial charge is 0.433 e. The molecule has 1 aliphatic rings. The number of halogens is 3. The SMILES string of the molecule is Cc1cc(-c2ccc(C(F)(F)F)nc2NC(=O)N=[S@@](N)(=O)c2cnn3c2OCC(C)(C)C3)ccn1. The Morgan fingerprint density at radius 1 is 1.31 bits per heavy atom. The number of carbonyl (C=O) groups is 1. The number of fused-ring (bicyclic) bond motifs is 1. The third-order valence-electron chi connectivity index (χ3n) is 5.09. The maximum absolute atomic E-state index is 13.3. The Balaban J connectivity index is 1.70. The second-order valence-corrected chi connectivity index (χ2v) is 10.6. The molecule has 3 aromatic heterocycles. The van der Waals surface area contributed by atoms with Gasteiger partial charge in [-0.1, -0.05) is 13.8 Å². The lowest BCUT2D eigenvalue weighted by Crippen LogP contribution is -2.33. The Morgan fingerprint density at radius 2 is 2.06 bits per heavy atom. The molecule has 3 N–H and O–H groups in total. The fourth-order valence-electron chi connectivity index (χ4n) is 3.49. The molecule has 0 aromatic carbocycles. The third kappa shape index (κ3) is 5.27. The predicted molar refractivity (Wildman–Crippen MR) is 121 cm³/mol. The van der Waals surface area contributed by atoms with Crippen LogP contribution >= 0.6 is 0 Å². The minimum Gasteiger partial charge on any atom is -0.476 e. The number of nitrogens with one attached hydrogen (secondary N) is 1. The second kappa shape index (κ2) is 8.61. The van der Waals surface area contributed by atoms with Crippen molar-refractivity contribution in [1.82, 2.24) is 19.7 Å². The van der Waals surface area contributed by atoms with E-state index in [-0.39, 0.29) is 21.8 Å². The molecule has 35 heavy (non-hydrogen) atoms. The Labute approximate surface area is 199 Å². The molecule has 0 fully saturated rings.